The molecule has 0 saturated heterocycles. The van der Waals surface area contributed by atoms with Crippen molar-refractivity contribution in [1.82, 2.24) is 20.1 Å². The van der Waals surface area contributed by atoms with Gasteiger partial charge in [-0.3, -0.25) is 4.79 Å². The molecule has 1 amide bonds. The predicted octanol–water partition coefficient (Wildman–Crippen LogP) is -0.274. The maximum absolute atomic E-state index is 11.6. The molecule has 0 radical (unpaired) electrons. The Hall–Kier alpha value is -1.43. The van der Waals surface area contributed by atoms with Gasteiger partial charge in [0.1, 0.15) is 18.7 Å². The van der Waals surface area contributed by atoms with Crippen LogP contribution in [0.3, 0.4) is 0 Å². The topological polar surface area (TPSA) is 80.0 Å². The lowest BCUT2D eigenvalue weighted by Crippen LogP contribution is -2.36. The monoisotopic (exact) mass is 212 g/mol. The van der Waals surface area contributed by atoms with Crippen LogP contribution in [0.15, 0.2) is 12.7 Å². The second-order valence-corrected chi connectivity index (χ2v) is 3.36. The quantitative estimate of drug-likeness (QED) is 0.704. The first kappa shape index (κ1) is 11.6. The molecule has 15 heavy (non-hydrogen) atoms. The molecule has 6 nitrogen and oxygen atoms in total. The predicted molar refractivity (Wildman–Crippen MR) is 54.0 cm³/mol. The number of aromatic nitrogens is 3. The third-order valence-electron chi connectivity index (χ3n) is 2.20. The van der Waals surface area contributed by atoms with Gasteiger partial charge >= 0.3 is 0 Å². The molecule has 1 heterocycles. The molecule has 0 aromatic carbocycles. The van der Waals surface area contributed by atoms with Crippen LogP contribution in [0.1, 0.15) is 26.3 Å². The number of nitrogens with zero attached hydrogens (tertiary/aromatic N) is 3. The van der Waals surface area contributed by atoms with Crippen LogP contribution in [-0.4, -0.2) is 38.4 Å². The number of hydrogen-bond acceptors (Lipinski definition) is 4. The zero-order chi connectivity index (χ0) is 11.3. The lowest BCUT2D eigenvalue weighted by molar-refractivity contribution is -0.124. The number of carbonyl (C=O) groups is 1. The van der Waals surface area contributed by atoms with Gasteiger partial charge in [-0.25, -0.2) is 9.67 Å². The van der Waals surface area contributed by atoms with Crippen LogP contribution in [0.5, 0.6) is 0 Å². The van der Waals surface area contributed by atoms with Gasteiger partial charge in [0.15, 0.2) is 0 Å². The summed E-state index contributed by atoms with van der Waals surface area (Å²) in [5.74, 6) is -0.173. The Morgan fingerprint density at radius 2 is 2.40 bits per heavy atom. The normalized spacial score (nSPS) is 14.6. The molecule has 0 aliphatic heterocycles. The average Bonchev–Trinajstić information content (AvgIpc) is 2.77. The summed E-state index contributed by atoms with van der Waals surface area (Å²) in [6, 6.07) is -0.406. The van der Waals surface area contributed by atoms with Crippen LogP contribution < -0.4 is 5.32 Å². The highest BCUT2D eigenvalue weighted by Crippen LogP contribution is 2.01. The van der Waals surface area contributed by atoms with Crippen molar-refractivity contribution in [1.29, 1.82) is 0 Å². The van der Waals surface area contributed by atoms with Gasteiger partial charge < -0.3 is 10.4 Å². The van der Waals surface area contributed by atoms with E-state index in [0.717, 1.165) is 0 Å². The highest BCUT2D eigenvalue weighted by Gasteiger charge is 2.15. The summed E-state index contributed by atoms with van der Waals surface area (Å²) in [4.78, 5) is 15.3. The zero-order valence-electron chi connectivity index (χ0n) is 8.92. The third-order valence-corrected chi connectivity index (χ3v) is 2.20. The van der Waals surface area contributed by atoms with E-state index in [1.807, 2.05) is 6.92 Å². The van der Waals surface area contributed by atoms with E-state index < -0.39 is 12.1 Å². The van der Waals surface area contributed by atoms with Crippen molar-refractivity contribution in [3.05, 3.63) is 12.7 Å². The number of hydrogen-bond donors (Lipinski definition) is 2. The SMILES string of the molecule is CCC(O)CNC(=O)C(C)n1cncn1. The van der Waals surface area contributed by atoms with Gasteiger partial charge in [-0.15, -0.1) is 0 Å². The van der Waals surface area contributed by atoms with Crippen molar-refractivity contribution >= 4 is 5.91 Å². The molecule has 1 aromatic rings. The van der Waals surface area contributed by atoms with Crippen molar-refractivity contribution in [3.8, 4) is 0 Å². The molecule has 2 unspecified atom stereocenters. The molecule has 1 aromatic heterocycles. The summed E-state index contributed by atoms with van der Waals surface area (Å²) in [5.41, 5.74) is 0. The van der Waals surface area contributed by atoms with E-state index in [4.69, 9.17) is 0 Å². The maximum atomic E-state index is 11.6. The molecular weight excluding hydrogens is 196 g/mol. The summed E-state index contributed by atoms with van der Waals surface area (Å²) < 4.78 is 1.47. The van der Waals surface area contributed by atoms with Crippen LogP contribution >= 0.6 is 0 Å². The van der Waals surface area contributed by atoms with Gasteiger partial charge in [-0.2, -0.15) is 5.10 Å². The van der Waals surface area contributed by atoms with Gasteiger partial charge in [-0.05, 0) is 13.3 Å². The highest BCUT2D eigenvalue weighted by molar-refractivity contribution is 5.79. The van der Waals surface area contributed by atoms with E-state index in [9.17, 15) is 9.90 Å². The van der Waals surface area contributed by atoms with Crippen LogP contribution in [0.4, 0.5) is 0 Å². The van der Waals surface area contributed by atoms with Crippen molar-refractivity contribution in [3.63, 3.8) is 0 Å². The molecule has 0 aliphatic carbocycles. The molecule has 2 atom stereocenters. The van der Waals surface area contributed by atoms with Crippen molar-refractivity contribution < 1.29 is 9.90 Å². The van der Waals surface area contributed by atoms with Gasteiger partial charge in [0.2, 0.25) is 5.91 Å². The van der Waals surface area contributed by atoms with Crippen LogP contribution in [0.25, 0.3) is 0 Å². The standard InChI is InChI=1S/C9H16N4O2/c1-3-8(14)4-11-9(15)7(2)13-6-10-5-12-13/h5-8,14H,3-4H2,1-2H3,(H,11,15). The molecule has 6 heteroatoms. The first-order chi connectivity index (χ1) is 7.15. The lowest BCUT2D eigenvalue weighted by Gasteiger charge is -2.13. The molecule has 0 aliphatic rings. The first-order valence-corrected chi connectivity index (χ1v) is 4.95. The minimum atomic E-state index is -0.489. The summed E-state index contributed by atoms with van der Waals surface area (Å²) in [6.07, 6.45) is 3.00. The maximum Gasteiger partial charge on any atom is 0.244 e. The van der Waals surface area contributed by atoms with E-state index in [1.54, 1.807) is 6.92 Å². The fourth-order valence-electron chi connectivity index (χ4n) is 1.05. The number of carbonyl (C=O) groups excluding carboxylic acids is 1. The minimum absolute atomic E-state index is 0.173. The Balaban J connectivity index is 2.41. The number of rotatable bonds is 5. The highest BCUT2D eigenvalue weighted by atomic mass is 16.3. The molecule has 0 fully saturated rings. The van der Waals surface area contributed by atoms with Gasteiger partial charge in [0.25, 0.3) is 0 Å². The Morgan fingerprint density at radius 3 is 2.93 bits per heavy atom. The second-order valence-electron chi connectivity index (χ2n) is 3.36. The van der Waals surface area contributed by atoms with Gasteiger partial charge in [0.05, 0.1) is 6.10 Å². The largest absolute Gasteiger partial charge is 0.391 e. The van der Waals surface area contributed by atoms with Gasteiger partial charge in [-0.1, -0.05) is 6.92 Å². The summed E-state index contributed by atoms with van der Waals surface area (Å²) in [6.45, 7) is 3.86. The lowest BCUT2D eigenvalue weighted by atomic mass is 10.2. The Bertz CT molecular complexity index is 299. The molecule has 2 N–H and O–H groups in total. The zero-order valence-corrected chi connectivity index (χ0v) is 8.92. The van der Waals surface area contributed by atoms with Crippen molar-refractivity contribution in [2.45, 2.75) is 32.4 Å². The number of amides is 1. The molecule has 0 bridgehead atoms. The van der Waals surface area contributed by atoms with E-state index in [0.29, 0.717) is 6.42 Å². The molecule has 0 spiro atoms. The molecule has 0 saturated carbocycles. The van der Waals surface area contributed by atoms with Crippen LogP contribution in [0.2, 0.25) is 0 Å². The molecular formula is C9H16N4O2. The van der Waals surface area contributed by atoms with Crippen LogP contribution in [0, 0.1) is 0 Å². The average molecular weight is 212 g/mol. The van der Waals surface area contributed by atoms with Crippen LogP contribution in [-0.2, 0) is 4.79 Å². The smallest absolute Gasteiger partial charge is 0.244 e. The number of nitrogens with one attached hydrogen (secondary N) is 1. The van der Waals surface area contributed by atoms with E-state index in [2.05, 4.69) is 15.4 Å². The van der Waals surface area contributed by atoms with E-state index in [1.165, 1.54) is 17.3 Å². The summed E-state index contributed by atoms with van der Waals surface area (Å²) in [7, 11) is 0. The van der Waals surface area contributed by atoms with E-state index >= 15 is 0 Å². The summed E-state index contributed by atoms with van der Waals surface area (Å²) in [5, 5.41) is 15.8. The molecule has 1 rings (SSSR count). The Kier molecular flexibility index (Phi) is 4.23. The first-order valence-electron chi connectivity index (χ1n) is 4.95. The minimum Gasteiger partial charge on any atom is -0.391 e. The number of aliphatic hydroxyl groups excluding tert-OH is 1. The van der Waals surface area contributed by atoms with Gasteiger partial charge in [0, 0.05) is 6.54 Å². The van der Waals surface area contributed by atoms with Crippen molar-refractivity contribution in [2.24, 2.45) is 0 Å². The van der Waals surface area contributed by atoms with Crippen molar-refractivity contribution in [2.75, 3.05) is 6.54 Å². The fraction of sp³-hybridized carbons (Fsp3) is 0.667. The fourth-order valence-corrected chi connectivity index (χ4v) is 1.05. The number of aliphatic hydroxyl groups is 1. The second kappa shape index (κ2) is 5.45. The Labute approximate surface area is 88.3 Å². The van der Waals surface area contributed by atoms with E-state index in [-0.39, 0.29) is 12.5 Å². The third kappa shape index (κ3) is 3.32. The summed E-state index contributed by atoms with van der Waals surface area (Å²) >= 11 is 0. The molecule has 84 valence electrons. The Morgan fingerprint density at radius 1 is 1.67 bits per heavy atom.